The van der Waals surface area contributed by atoms with Gasteiger partial charge in [0.2, 0.25) is 15.9 Å². The molecule has 12 heteroatoms. The number of benzene rings is 2. The number of methoxy groups -OCH3 is 3. The molecule has 2 aromatic carbocycles. The van der Waals surface area contributed by atoms with Crippen molar-refractivity contribution in [2.24, 2.45) is 0 Å². The van der Waals surface area contributed by atoms with Crippen LogP contribution in [0.3, 0.4) is 0 Å². The van der Waals surface area contributed by atoms with E-state index in [1.165, 1.54) is 58.6 Å². The Labute approximate surface area is 189 Å². The minimum absolute atomic E-state index is 0.0126. The molecule has 0 fully saturated rings. The van der Waals surface area contributed by atoms with E-state index in [4.69, 9.17) is 37.4 Å². The Morgan fingerprint density at radius 3 is 2.19 bits per heavy atom. The summed E-state index contributed by atoms with van der Waals surface area (Å²) in [4.78, 5) is 24.5. The van der Waals surface area contributed by atoms with Gasteiger partial charge in [-0.1, -0.05) is 23.2 Å². The molecule has 0 saturated carbocycles. The molecule has 0 radical (unpaired) electrons. The molecule has 0 saturated heterocycles. The van der Waals surface area contributed by atoms with Gasteiger partial charge in [0, 0.05) is 17.2 Å². The van der Waals surface area contributed by atoms with Gasteiger partial charge in [-0.15, -0.1) is 0 Å². The first-order chi connectivity index (χ1) is 14.5. The summed E-state index contributed by atoms with van der Waals surface area (Å²) < 4.78 is 42.6. The van der Waals surface area contributed by atoms with Crippen LogP contribution in [0.15, 0.2) is 35.2 Å². The number of hydrogen-bond acceptors (Lipinski definition) is 7. The lowest BCUT2D eigenvalue weighted by atomic mass is 10.1. The number of rotatable bonds is 8. The second-order valence-electron chi connectivity index (χ2n) is 6.15. The molecule has 0 bridgehead atoms. The van der Waals surface area contributed by atoms with Crippen LogP contribution < -0.4 is 19.5 Å². The predicted octanol–water partition coefficient (Wildman–Crippen LogP) is 3.10. The number of esters is 1. The van der Waals surface area contributed by atoms with Gasteiger partial charge in [0.15, 0.2) is 11.5 Å². The van der Waals surface area contributed by atoms with Crippen molar-refractivity contribution >= 4 is 50.8 Å². The molecule has 1 amide bonds. The highest BCUT2D eigenvalue weighted by Crippen LogP contribution is 2.34. The average Bonchev–Trinajstić information content (AvgIpc) is 2.73. The maximum Gasteiger partial charge on any atom is 0.340 e. The number of carbonyl (C=O) groups excluding carboxylic acids is 2. The zero-order valence-corrected chi connectivity index (χ0v) is 19.3. The van der Waals surface area contributed by atoms with Gasteiger partial charge in [0.05, 0.1) is 43.6 Å². The Morgan fingerprint density at radius 1 is 1.00 bits per heavy atom. The van der Waals surface area contributed by atoms with Gasteiger partial charge in [-0.05, 0) is 25.1 Å². The molecule has 168 valence electrons. The van der Waals surface area contributed by atoms with E-state index in [9.17, 15) is 18.0 Å². The number of hydrogen-bond donors (Lipinski definition) is 2. The van der Waals surface area contributed by atoms with Crippen molar-refractivity contribution in [3.63, 3.8) is 0 Å². The number of amides is 1. The Morgan fingerprint density at radius 2 is 1.61 bits per heavy atom. The van der Waals surface area contributed by atoms with E-state index in [1.807, 2.05) is 0 Å². The number of ether oxygens (including phenoxy) is 3. The maximum absolute atomic E-state index is 12.7. The van der Waals surface area contributed by atoms with Gasteiger partial charge in [0.25, 0.3) is 0 Å². The number of halogens is 2. The lowest BCUT2D eigenvalue weighted by molar-refractivity contribution is -0.117. The highest BCUT2D eigenvalue weighted by molar-refractivity contribution is 7.89. The van der Waals surface area contributed by atoms with Crippen LogP contribution in [-0.4, -0.2) is 47.7 Å². The van der Waals surface area contributed by atoms with Gasteiger partial charge in [-0.25, -0.2) is 13.2 Å². The van der Waals surface area contributed by atoms with Crippen LogP contribution >= 0.6 is 23.2 Å². The zero-order valence-electron chi connectivity index (χ0n) is 17.0. The molecular weight excluding hydrogens is 471 g/mol. The van der Waals surface area contributed by atoms with Gasteiger partial charge >= 0.3 is 5.97 Å². The topological polar surface area (TPSA) is 120 Å². The van der Waals surface area contributed by atoms with Crippen molar-refractivity contribution in [3.8, 4) is 11.5 Å². The molecule has 2 N–H and O–H groups in total. The third-order valence-corrected chi connectivity index (χ3v) is 6.35. The zero-order chi connectivity index (χ0) is 23.3. The number of nitrogens with one attached hydrogen (secondary N) is 2. The molecule has 0 aromatic heterocycles. The second-order valence-corrected chi connectivity index (χ2v) is 8.68. The van der Waals surface area contributed by atoms with Gasteiger partial charge in [-0.2, -0.15) is 4.72 Å². The summed E-state index contributed by atoms with van der Waals surface area (Å²) in [7, 11) is -0.226. The van der Waals surface area contributed by atoms with Crippen molar-refractivity contribution in [2.45, 2.75) is 17.9 Å². The van der Waals surface area contributed by atoms with Crippen molar-refractivity contribution in [1.82, 2.24) is 4.72 Å². The summed E-state index contributed by atoms with van der Waals surface area (Å²) in [5.41, 5.74) is 0.0304. The summed E-state index contributed by atoms with van der Waals surface area (Å²) in [6.07, 6.45) is 0. The van der Waals surface area contributed by atoms with E-state index in [1.54, 1.807) is 0 Å². The van der Waals surface area contributed by atoms with Gasteiger partial charge in [-0.3, -0.25) is 4.79 Å². The standard InChI is InChI=1S/C19H20Cl2N2O7S/c1-10(23-31(26,27)17-7-11(20)5-6-13(17)21)18(24)22-14-9-16(29-3)15(28-2)8-12(14)19(25)30-4/h5-10,23H,1-4H3,(H,22,24)/t10-/m0/s1. The van der Waals surface area contributed by atoms with Crippen LogP contribution in [0, 0.1) is 0 Å². The smallest absolute Gasteiger partial charge is 0.340 e. The summed E-state index contributed by atoms with van der Waals surface area (Å²) in [5, 5.41) is 2.59. The maximum atomic E-state index is 12.7. The fourth-order valence-electron chi connectivity index (χ4n) is 2.54. The molecular formula is C19H20Cl2N2O7S. The van der Waals surface area contributed by atoms with Crippen molar-refractivity contribution in [1.29, 1.82) is 0 Å². The molecule has 0 aliphatic carbocycles. The Bertz CT molecular complexity index is 1110. The molecule has 31 heavy (non-hydrogen) atoms. The Balaban J connectivity index is 2.32. The average molecular weight is 491 g/mol. The van der Waals surface area contributed by atoms with Crippen molar-refractivity contribution < 1.29 is 32.2 Å². The molecule has 0 aliphatic rings. The van der Waals surface area contributed by atoms with E-state index in [-0.39, 0.29) is 37.7 Å². The van der Waals surface area contributed by atoms with E-state index in [0.29, 0.717) is 0 Å². The van der Waals surface area contributed by atoms with Crippen molar-refractivity contribution in [2.75, 3.05) is 26.6 Å². The first kappa shape index (κ1) is 24.7. The fourth-order valence-corrected chi connectivity index (χ4v) is 4.50. The highest BCUT2D eigenvalue weighted by atomic mass is 35.5. The first-order valence-corrected chi connectivity index (χ1v) is 10.9. The Kier molecular flexibility index (Phi) is 8.13. The van der Waals surface area contributed by atoms with Crippen LogP contribution in [-0.2, 0) is 19.6 Å². The monoisotopic (exact) mass is 490 g/mol. The quantitative estimate of drug-likeness (QED) is 0.545. The van der Waals surface area contributed by atoms with Crippen LogP contribution in [0.25, 0.3) is 0 Å². The lowest BCUT2D eigenvalue weighted by Gasteiger charge is -2.18. The molecule has 0 spiro atoms. The minimum Gasteiger partial charge on any atom is -0.493 e. The summed E-state index contributed by atoms with van der Waals surface area (Å²) >= 11 is 11.8. The number of carbonyl (C=O) groups is 2. The fraction of sp³-hybridized carbons (Fsp3) is 0.263. The van der Waals surface area contributed by atoms with Crippen LogP contribution in [0.2, 0.25) is 10.0 Å². The van der Waals surface area contributed by atoms with E-state index in [0.717, 1.165) is 0 Å². The SMILES string of the molecule is COC(=O)c1cc(OC)c(OC)cc1NC(=O)[C@H](C)NS(=O)(=O)c1cc(Cl)ccc1Cl. The van der Waals surface area contributed by atoms with Crippen LogP contribution in [0.1, 0.15) is 17.3 Å². The van der Waals surface area contributed by atoms with E-state index < -0.39 is 27.9 Å². The molecule has 1 atom stereocenters. The normalized spacial score (nSPS) is 12.1. The summed E-state index contributed by atoms with van der Waals surface area (Å²) in [6, 6.07) is 5.39. The Hall–Kier alpha value is -2.53. The van der Waals surface area contributed by atoms with Gasteiger partial charge < -0.3 is 19.5 Å². The van der Waals surface area contributed by atoms with Gasteiger partial charge in [0.1, 0.15) is 4.90 Å². The third kappa shape index (κ3) is 5.79. The first-order valence-electron chi connectivity index (χ1n) is 8.66. The van der Waals surface area contributed by atoms with E-state index in [2.05, 4.69) is 10.0 Å². The van der Waals surface area contributed by atoms with E-state index >= 15 is 0 Å². The predicted molar refractivity (Wildman–Crippen MR) is 116 cm³/mol. The summed E-state index contributed by atoms with van der Waals surface area (Å²) in [6.45, 7) is 1.32. The lowest BCUT2D eigenvalue weighted by Crippen LogP contribution is -2.41. The van der Waals surface area contributed by atoms with Crippen LogP contribution in [0.5, 0.6) is 11.5 Å². The second kappa shape index (κ2) is 10.2. The van der Waals surface area contributed by atoms with Crippen molar-refractivity contribution in [3.05, 3.63) is 45.9 Å². The van der Waals surface area contributed by atoms with Crippen LogP contribution in [0.4, 0.5) is 5.69 Å². The molecule has 0 unspecified atom stereocenters. The molecule has 0 heterocycles. The minimum atomic E-state index is -4.17. The molecule has 2 rings (SSSR count). The molecule has 9 nitrogen and oxygen atoms in total. The largest absolute Gasteiger partial charge is 0.493 e. The molecule has 2 aromatic rings. The summed E-state index contributed by atoms with van der Waals surface area (Å²) in [5.74, 6) is -1.01. The number of sulfonamides is 1. The highest BCUT2D eigenvalue weighted by Gasteiger charge is 2.26. The third-order valence-electron chi connectivity index (χ3n) is 4.09. The number of anilines is 1. The molecule has 0 aliphatic heterocycles.